The van der Waals surface area contributed by atoms with Crippen molar-refractivity contribution in [2.75, 3.05) is 68.9 Å². The van der Waals surface area contributed by atoms with Crippen LogP contribution in [-0.2, 0) is 17.7 Å². The number of benzene rings is 2. The van der Waals surface area contributed by atoms with Gasteiger partial charge in [-0.1, -0.05) is 28.1 Å². The molecule has 2 bridgehead atoms. The SMILES string of the molecule is Oc1cc(N2CCc3c(nc(OCC4(CN5CCOCC5)CC4)nc3N3CC4CCC(C3)N4)C2)c2c(Br)cccc2c1. The molecule has 2 N–H and O–H groups in total. The maximum atomic E-state index is 10.6. The van der Waals surface area contributed by atoms with Gasteiger partial charge in [-0.3, -0.25) is 4.90 Å². The average molecular weight is 636 g/mol. The number of phenolic OH excluding ortho intramolecular Hbond substituents is 1. The Morgan fingerprint density at radius 3 is 2.64 bits per heavy atom. The molecule has 0 spiro atoms. The normalized spacial score (nSPS) is 25.1. The van der Waals surface area contributed by atoms with Gasteiger partial charge in [0.05, 0.1) is 32.1 Å². The third kappa shape index (κ3) is 5.20. The molecule has 3 saturated heterocycles. The first kappa shape index (κ1) is 26.9. The molecule has 0 amide bonds. The van der Waals surface area contributed by atoms with Crippen LogP contribution in [0, 0.1) is 5.41 Å². The van der Waals surface area contributed by atoms with Gasteiger partial charge in [-0.05, 0) is 49.6 Å². The van der Waals surface area contributed by atoms with Gasteiger partial charge in [0.15, 0.2) is 0 Å². The van der Waals surface area contributed by atoms with Crippen LogP contribution in [-0.4, -0.2) is 91.1 Å². The number of fused-ring (bicyclic) bond motifs is 4. The number of nitrogens with one attached hydrogen (secondary N) is 1. The Balaban J connectivity index is 1.10. The van der Waals surface area contributed by atoms with Crippen molar-refractivity contribution in [1.82, 2.24) is 20.2 Å². The topological polar surface area (TPSA) is 86.2 Å². The van der Waals surface area contributed by atoms with Gasteiger partial charge in [0.25, 0.3) is 0 Å². The number of nitrogens with zero attached hydrogens (tertiary/aromatic N) is 5. The van der Waals surface area contributed by atoms with Crippen LogP contribution >= 0.6 is 15.9 Å². The Kier molecular flexibility index (Phi) is 6.93. The fourth-order valence-electron chi connectivity index (χ4n) is 7.46. The highest BCUT2D eigenvalue weighted by atomic mass is 79.9. The third-order valence-electron chi connectivity index (χ3n) is 9.90. The van der Waals surface area contributed by atoms with E-state index in [1.165, 1.54) is 31.2 Å². The largest absolute Gasteiger partial charge is 0.508 e. The zero-order chi connectivity index (χ0) is 28.3. The van der Waals surface area contributed by atoms with Crippen LogP contribution in [0.15, 0.2) is 34.8 Å². The molecule has 42 heavy (non-hydrogen) atoms. The number of ether oxygens (including phenoxy) is 2. The van der Waals surface area contributed by atoms with E-state index in [-0.39, 0.29) is 11.2 Å². The van der Waals surface area contributed by atoms with Crippen LogP contribution in [0.3, 0.4) is 0 Å². The molecule has 222 valence electrons. The van der Waals surface area contributed by atoms with Crippen molar-refractivity contribution in [1.29, 1.82) is 0 Å². The van der Waals surface area contributed by atoms with E-state index in [1.54, 1.807) is 0 Å². The standard InChI is InChI=1S/C32H39BrN6O3/c33-26-3-1-2-21-14-24(40)15-28(29(21)26)38-9-6-25-27(18-38)35-31(36-30(25)39-16-22-4-5-23(17-39)34-22)42-20-32(7-8-32)19-37-10-12-41-13-11-37/h1-3,14-15,22-23,34,40H,4-13,16-20H2. The summed E-state index contributed by atoms with van der Waals surface area (Å²) < 4.78 is 13.1. The molecule has 1 aromatic heterocycles. The van der Waals surface area contributed by atoms with Crippen molar-refractivity contribution in [3.8, 4) is 11.8 Å². The number of rotatable bonds is 7. The first-order valence-corrected chi connectivity index (χ1v) is 16.3. The van der Waals surface area contributed by atoms with Crippen molar-refractivity contribution in [2.45, 2.75) is 50.7 Å². The maximum absolute atomic E-state index is 10.6. The van der Waals surface area contributed by atoms with Crippen LogP contribution in [0.2, 0.25) is 0 Å². The van der Waals surface area contributed by atoms with Crippen LogP contribution in [0.25, 0.3) is 10.8 Å². The van der Waals surface area contributed by atoms with E-state index >= 15 is 0 Å². The Morgan fingerprint density at radius 2 is 1.86 bits per heavy atom. The summed E-state index contributed by atoms with van der Waals surface area (Å²) in [6, 6.07) is 11.4. The monoisotopic (exact) mass is 634 g/mol. The van der Waals surface area contributed by atoms with E-state index < -0.39 is 0 Å². The number of aromatic nitrogens is 2. The molecule has 2 unspecified atom stereocenters. The van der Waals surface area contributed by atoms with Crippen molar-refractivity contribution in [2.24, 2.45) is 5.41 Å². The second-order valence-corrected chi connectivity index (χ2v) is 13.8. The van der Waals surface area contributed by atoms with Crippen molar-refractivity contribution >= 4 is 38.2 Å². The van der Waals surface area contributed by atoms with Gasteiger partial charge >= 0.3 is 6.01 Å². The smallest absolute Gasteiger partial charge is 0.318 e. The Bertz CT molecular complexity index is 1480. The first-order chi connectivity index (χ1) is 20.5. The van der Waals surface area contributed by atoms with Gasteiger partial charge in [0.2, 0.25) is 0 Å². The number of hydrogen-bond acceptors (Lipinski definition) is 9. The van der Waals surface area contributed by atoms with Crippen molar-refractivity contribution < 1.29 is 14.6 Å². The highest BCUT2D eigenvalue weighted by molar-refractivity contribution is 9.10. The zero-order valence-electron chi connectivity index (χ0n) is 24.0. The highest BCUT2D eigenvalue weighted by Gasteiger charge is 2.45. The molecule has 5 heterocycles. The third-order valence-corrected chi connectivity index (χ3v) is 10.6. The number of phenols is 1. The lowest BCUT2D eigenvalue weighted by Gasteiger charge is -2.37. The Hall–Kier alpha value is -2.66. The van der Waals surface area contributed by atoms with Gasteiger partial charge in [-0.2, -0.15) is 9.97 Å². The maximum Gasteiger partial charge on any atom is 0.318 e. The average Bonchev–Trinajstić information content (AvgIpc) is 3.69. The summed E-state index contributed by atoms with van der Waals surface area (Å²) in [5, 5.41) is 16.5. The Labute approximate surface area is 255 Å². The fraction of sp³-hybridized carbons (Fsp3) is 0.562. The molecule has 1 aliphatic carbocycles. The number of hydrogen-bond donors (Lipinski definition) is 2. The van der Waals surface area contributed by atoms with Crippen molar-refractivity contribution in [3.05, 3.63) is 46.1 Å². The number of piperazine rings is 1. The molecule has 9 nitrogen and oxygen atoms in total. The number of anilines is 2. The van der Waals surface area contributed by atoms with Gasteiger partial charge in [0, 0.05) is 83.9 Å². The summed E-state index contributed by atoms with van der Waals surface area (Å²) in [6.07, 6.45) is 5.70. The van der Waals surface area contributed by atoms with Gasteiger partial charge in [0.1, 0.15) is 11.6 Å². The fourth-order valence-corrected chi connectivity index (χ4v) is 8.04. The van der Waals surface area contributed by atoms with E-state index in [9.17, 15) is 5.11 Å². The lowest BCUT2D eigenvalue weighted by molar-refractivity contribution is 0.0231. The van der Waals surface area contributed by atoms with Gasteiger partial charge in [-0.15, -0.1) is 0 Å². The molecule has 3 aromatic rings. The van der Waals surface area contributed by atoms with E-state index in [2.05, 4.69) is 48.1 Å². The number of halogens is 1. The van der Waals surface area contributed by atoms with E-state index in [0.717, 1.165) is 91.3 Å². The van der Waals surface area contributed by atoms with Crippen LogP contribution < -0.4 is 19.9 Å². The molecule has 2 atom stereocenters. The predicted octanol–water partition coefficient (Wildman–Crippen LogP) is 4.09. The first-order valence-electron chi connectivity index (χ1n) is 15.5. The summed E-state index contributed by atoms with van der Waals surface area (Å²) in [5.74, 6) is 1.34. The minimum atomic E-state index is 0.198. The summed E-state index contributed by atoms with van der Waals surface area (Å²) in [7, 11) is 0. The summed E-state index contributed by atoms with van der Waals surface area (Å²) in [4.78, 5) is 17.6. The number of morpholine rings is 1. The molecule has 4 fully saturated rings. The minimum Gasteiger partial charge on any atom is -0.508 e. The summed E-state index contributed by atoms with van der Waals surface area (Å²) >= 11 is 3.77. The Morgan fingerprint density at radius 1 is 1.05 bits per heavy atom. The molecule has 8 rings (SSSR count). The van der Waals surface area contributed by atoms with Crippen LogP contribution in [0.1, 0.15) is 36.9 Å². The van der Waals surface area contributed by atoms with E-state index in [1.807, 2.05) is 18.2 Å². The van der Waals surface area contributed by atoms with Gasteiger partial charge in [-0.25, -0.2) is 0 Å². The number of aromatic hydroxyl groups is 1. The van der Waals surface area contributed by atoms with E-state index in [4.69, 9.17) is 19.4 Å². The minimum absolute atomic E-state index is 0.198. The molecular weight excluding hydrogens is 596 g/mol. The second-order valence-electron chi connectivity index (χ2n) is 12.9. The molecule has 2 aromatic carbocycles. The molecule has 10 heteroatoms. The highest BCUT2D eigenvalue weighted by Crippen LogP contribution is 2.47. The lowest BCUT2D eigenvalue weighted by Crippen LogP contribution is -2.52. The second kappa shape index (κ2) is 10.8. The summed E-state index contributed by atoms with van der Waals surface area (Å²) in [5.41, 5.74) is 3.50. The lowest BCUT2D eigenvalue weighted by atomic mass is 10.0. The molecule has 0 radical (unpaired) electrons. The zero-order valence-corrected chi connectivity index (χ0v) is 25.6. The molecule has 5 aliphatic rings. The quantitative estimate of drug-likeness (QED) is 0.399. The van der Waals surface area contributed by atoms with Crippen LogP contribution in [0.5, 0.6) is 11.8 Å². The molecular formula is C32H39BrN6O3. The van der Waals surface area contributed by atoms with E-state index in [0.29, 0.717) is 31.2 Å². The van der Waals surface area contributed by atoms with Crippen molar-refractivity contribution in [3.63, 3.8) is 0 Å². The molecule has 4 aliphatic heterocycles. The molecule has 1 saturated carbocycles. The summed E-state index contributed by atoms with van der Waals surface area (Å²) in [6.45, 7) is 8.81. The van der Waals surface area contributed by atoms with Crippen LogP contribution in [0.4, 0.5) is 11.5 Å². The predicted molar refractivity (Wildman–Crippen MR) is 167 cm³/mol. The van der Waals surface area contributed by atoms with Gasteiger partial charge < -0.3 is 29.7 Å².